The Morgan fingerprint density at radius 1 is 1.38 bits per heavy atom. The lowest BCUT2D eigenvalue weighted by Gasteiger charge is -2.20. The highest BCUT2D eigenvalue weighted by Crippen LogP contribution is 2.28. The molecule has 0 radical (unpaired) electrons. The molecule has 0 saturated carbocycles. The van der Waals surface area contributed by atoms with Gasteiger partial charge < -0.3 is 10.2 Å². The van der Waals surface area contributed by atoms with Gasteiger partial charge in [-0.25, -0.2) is 0 Å². The summed E-state index contributed by atoms with van der Waals surface area (Å²) in [5, 5.41) is 14.0. The summed E-state index contributed by atoms with van der Waals surface area (Å²) in [5.74, 6) is -0.805. The number of benzene rings is 1. The van der Waals surface area contributed by atoms with Crippen molar-refractivity contribution < 1.29 is 9.31 Å². The zero-order valence-electron chi connectivity index (χ0n) is 12.9. The molecular weight excluding hydrogens is 273 g/mol. The van der Waals surface area contributed by atoms with E-state index in [0.29, 0.717) is 0 Å². The van der Waals surface area contributed by atoms with Crippen molar-refractivity contribution in [1.29, 1.82) is 0 Å². The summed E-state index contributed by atoms with van der Waals surface area (Å²) in [6, 6.07) is 4.19. The lowest BCUT2D eigenvalue weighted by atomic mass is 10.1. The molecule has 0 aromatic heterocycles. The minimum atomic E-state index is -0.805. The van der Waals surface area contributed by atoms with Gasteiger partial charge in [0.05, 0.1) is 4.92 Å². The molecular formula is C15H24FN3O2. The number of nitrogens with zero attached hydrogens (tertiary/aromatic N) is 2. The summed E-state index contributed by atoms with van der Waals surface area (Å²) in [6.45, 7) is 9.26. The van der Waals surface area contributed by atoms with E-state index in [0.717, 1.165) is 38.5 Å². The Morgan fingerprint density at radius 3 is 2.62 bits per heavy atom. The number of hydrogen-bond acceptors (Lipinski definition) is 4. The number of nitrogens with one attached hydrogen (secondary N) is 1. The maximum atomic E-state index is 13.5. The lowest BCUT2D eigenvalue weighted by molar-refractivity contribution is -0.386. The smallest absolute Gasteiger partial charge is 0.327 e. The molecule has 0 fully saturated rings. The molecule has 21 heavy (non-hydrogen) atoms. The normalized spacial score (nSPS) is 12.4. The number of hydrogen-bond donors (Lipinski definition) is 1. The minimum Gasteiger partial charge on any atom is -0.377 e. The topological polar surface area (TPSA) is 58.4 Å². The van der Waals surface area contributed by atoms with E-state index in [1.165, 1.54) is 6.07 Å². The van der Waals surface area contributed by atoms with Crippen LogP contribution in [-0.2, 0) is 0 Å². The van der Waals surface area contributed by atoms with Crippen molar-refractivity contribution >= 4 is 11.4 Å². The van der Waals surface area contributed by atoms with Crippen molar-refractivity contribution in [2.75, 3.05) is 25.0 Å². The largest absolute Gasteiger partial charge is 0.377 e. The van der Waals surface area contributed by atoms with Crippen LogP contribution in [0.3, 0.4) is 0 Å². The fraction of sp³-hybridized carbons (Fsp3) is 0.600. The van der Waals surface area contributed by atoms with Gasteiger partial charge in [-0.3, -0.25) is 10.1 Å². The molecule has 0 heterocycles. The molecule has 0 aliphatic carbocycles. The summed E-state index contributed by atoms with van der Waals surface area (Å²) in [5.41, 5.74) is -0.233. The average molecular weight is 297 g/mol. The van der Waals surface area contributed by atoms with Crippen molar-refractivity contribution in [2.45, 2.75) is 39.7 Å². The standard InChI is InChI=1S/C15H24FN3O2/c1-4-18(5-2)11-7-8-12(3)17-14-10-6-9-13(16)15(14)19(20)21/h6,9-10,12,17H,4-5,7-8,11H2,1-3H3. The second kappa shape index (κ2) is 8.56. The molecule has 0 spiro atoms. The van der Waals surface area contributed by atoms with Crippen LogP contribution in [0.25, 0.3) is 0 Å². The Bertz CT molecular complexity index is 464. The quantitative estimate of drug-likeness (QED) is 0.558. The van der Waals surface area contributed by atoms with Crippen LogP contribution in [0.4, 0.5) is 15.8 Å². The Kier molecular flexibility index (Phi) is 7.08. The number of nitro groups is 1. The van der Waals surface area contributed by atoms with Gasteiger partial charge in [-0.2, -0.15) is 4.39 Å². The summed E-state index contributed by atoms with van der Waals surface area (Å²) < 4.78 is 13.5. The predicted molar refractivity (Wildman–Crippen MR) is 83.2 cm³/mol. The van der Waals surface area contributed by atoms with Gasteiger partial charge in [0.1, 0.15) is 5.69 Å². The average Bonchev–Trinajstić information content (AvgIpc) is 2.43. The van der Waals surface area contributed by atoms with Gasteiger partial charge in [-0.15, -0.1) is 0 Å². The third-order valence-electron chi connectivity index (χ3n) is 3.58. The van der Waals surface area contributed by atoms with Crippen molar-refractivity contribution in [3.63, 3.8) is 0 Å². The van der Waals surface area contributed by atoms with Gasteiger partial charge in [0.15, 0.2) is 0 Å². The molecule has 1 N–H and O–H groups in total. The van der Waals surface area contributed by atoms with Crippen LogP contribution in [0.1, 0.15) is 33.6 Å². The van der Waals surface area contributed by atoms with Crippen LogP contribution in [0.2, 0.25) is 0 Å². The first-order valence-electron chi connectivity index (χ1n) is 7.41. The Morgan fingerprint density at radius 2 is 2.05 bits per heavy atom. The van der Waals surface area contributed by atoms with Crippen LogP contribution in [0.15, 0.2) is 18.2 Å². The van der Waals surface area contributed by atoms with Gasteiger partial charge in [-0.05, 0) is 51.5 Å². The molecule has 1 aromatic rings. The second-order valence-electron chi connectivity index (χ2n) is 5.11. The third-order valence-corrected chi connectivity index (χ3v) is 3.58. The van der Waals surface area contributed by atoms with Crippen molar-refractivity contribution in [3.8, 4) is 0 Å². The summed E-state index contributed by atoms with van der Waals surface area (Å²) in [6.07, 6.45) is 1.88. The molecule has 1 aromatic carbocycles. The number of anilines is 1. The maximum Gasteiger partial charge on any atom is 0.327 e. The molecule has 0 bridgehead atoms. The van der Waals surface area contributed by atoms with E-state index in [1.807, 2.05) is 6.92 Å². The molecule has 118 valence electrons. The monoisotopic (exact) mass is 297 g/mol. The SMILES string of the molecule is CCN(CC)CCCC(C)Nc1cccc(F)c1[N+](=O)[O-]. The zero-order chi connectivity index (χ0) is 15.8. The van der Waals surface area contributed by atoms with Gasteiger partial charge in [0.2, 0.25) is 5.82 Å². The molecule has 0 saturated heterocycles. The van der Waals surface area contributed by atoms with Gasteiger partial charge in [-0.1, -0.05) is 19.9 Å². The highest BCUT2D eigenvalue weighted by molar-refractivity contribution is 5.62. The molecule has 1 atom stereocenters. The van der Waals surface area contributed by atoms with E-state index in [9.17, 15) is 14.5 Å². The maximum absolute atomic E-state index is 13.5. The molecule has 5 nitrogen and oxygen atoms in total. The molecule has 0 aliphatic heterocycles. The van der Waals surface area contributed by atoms with E-state index < -0.39 is 16.4 Å². The van der Waals surface area contributed by atoms with Crippen LogP contribution in [0, 0.1) is 15.9 Å². The van der Waals surface area contributed by atoms with E-state index in [1.54, 1.807) is 6.07 Å². The number of rotatable bonds is 9. The molecule has 1 rings (SSSR count). The van der Waals surface area contributed by atoms with E-state index in [-0.39, 0.29) is 11.7 Å². The van der Waals surface area contributed by atoms with E-state index >= 15 is 0 Å². The van der Waals surface area contributed by atoms with Crippen LogP contribution in [-0.4, -0.2) is 35.5 Å². The van der Waals surface area contributed by atoms with Crippen molar-refractivity contribution in [3.05, 3.63) is 34.1 Å². The first-order chi connectivity index (χ1) is 9.99. The van der Waals surface area contributed by atoms with Crippen molar-refractivity contribution in [1.82, 2.24) is 4.90 Å². The first kappa shape index (κ1) is 17.4. The van der Waals surface area contributed by atoms with Crippen LogP contribution >= 0.6 is 0 Å². The van der Waals surface area contributed by atoms with Crippen molar-refractivity contribution in [2.24, 2.45) is 0 Å². The summed E-state index contributed by atoms with van der Waals surface area (Å²) >= 11 is 0. The van der Waals surface area contributed by atoms with Crippen LogP contribution < -0.4 is 5.32 Å². The van der Waals surface area contributed by atoms with Crippen LogP contribution in [0.5, 0.6) is 0 Å². The van der Waals surface area contributed by atoms with Gasteiger partial charge in [0, 0.05) is 6.04 Å². The molecule has 0 aliphatic rings. The second-order valence-corrected chi connectivity index (χ2v) is 5.11. The van der Waals surface area contributed by atoms with Gasteiger partial charge >= 0.3 is 5.69 Å². The Hall–Kier alpha value is -1.69. The fourth-order valence-electron chi connectivity index (χ4n) is 2.32. The Labute approximate surface area is 125 Å². The highest BCUT2D eigenvalue weighted by atomic mass is 19.1. The number of para-hydroxylation sites is 1. The zero-order valence-corrected chi connectivity index (χ0v) is 12.9. The number of halogens is 1. The number of nitro benzene ring substituents is 1. The summed E-state index contributed by atoms with van der Waals surface area (Å²) in [7, 11) is 0. The lowest BCUT2D eigenvalue weighted by Crippen LogP contribution is -2.25. The van der Waals surface area contributed by atoms with Gasteiger partial charge in [0.25, 0.3) is 0 Å². The van der Waals surface area contributed by atoms with E-state index in [2.05, 4.69) is 24.1 Å². The first-order valence-corrected chi connectivity index (χ1v) is 7.41. The minimum absolute atomic E-state index is 0.0565. The van der Waals surface area contributed by atoms with E-state index in [4.69, 9.17) is 0 Å². The third kappa shape index (κ3) is 5.30. The fourth-order valence-corrected chi connectivity index (χ4v) is 2.32. The summed E-state index contributed by atoms with van der Waals surface area (Å²) in [4.78, 5) is 12.6. The Balaban J connectivity index is 2.57. The molecule has 6 heteroatoms. The highest BCUT2D eigenvalue weighted by Gasteiger charge is 2.20. The molecule has 1 unspecified atom stereocenters. The molecule has 0 amide bonds. The predicted octanol–water partition coefficient (Wildman–Crippen LogP) is 3.66.